The first kappa shape index (κ1) is 22.0. The fourth-order valence-corrected chi connectivity index (χ4v) is 3.45. The Morgan fingerprint density at radius 1 is 1.23 bits per heavy atom. The van der Waals surface area contributed by atoms with Crippen LogP contribution in [0.25, 0.3) is 0 Å². The molecule has 30 heavy (non-hydrogen) atoms. The summed E-state index contributed by atoms with van der Waals surface area (Å²) in [4.78, 5) is 4.74. The Morgan fingerprint density at radius 3 is 2.70 bits per heavy atom. The van der Waals surface area contributed by atoms with Gasteiger partial charge in [-0.25, -0.2) is 4.99 Å². The van der Waals surface area contributed by atoms with E-state index in [2.05, 4.69) is 29.6 Å². The number of guanidine groups is 1. The van der Waals surface area contributed by atoms with E-state index in [1.54, 1.807) is 7.11 Å². The lowest BCUT2D eigenvalue weighted by Crippen LogP contribution is -2.36. The Kier molecular flexibility index (Phi) is 7.99. The molecule has 0 bridgehead atoms. The fraction of sp³-hybridized carbons (Fsp3) is 0.565. The molecule has 0 amide bonds. The van der Waals surface area contributed by atoms with E-state index in [9.17, 15) is 0 Å². The topological polar surface area (TPSA) is 80.9 Å². The summed E-state index contributed by atoms with van der Waals surface area (Å²) in [5.41, 5.74) is 2.00. The number of aliphatic imine (C=N–C) groups is 1. The number of nitrogens with zero attached hydrogens (tertiary/aromatic N) is 2. The molecule has 0 atom stereocenters. The monoisotopic (exact) mass is 414 g/mol. The number of nitrogens with one attached hydrogen (secondary N) is 2. The molecule has 3 rings (SSSR count). The highest BCUT2D eigenvalue weighted by atomic mass is 16.5. The molecule has 2 N–H and O–H groups in total. The van der Waals surface area contributed by atoms with Crippen molar-refractivity contribution in [3.05, 3.63) is 41.3 Å². The Morgan fingerprint density at radius 2 is 2.03 bits per heavy atom. The third-order valence-corrected chi connectivity index (χ3v) is 5.22. The number of hydrogen-bond donors (Lipinski definition) is 2. The van der Waals surface area contributed by atoms with Gasteiger partial charge in [-0.05, 0) is 50.7 Å². The van der Waals surface area contributed by atoms with Crippen molar-refractivity contribution in [2.45, 2.75) is 71.6 Å². The van der Waals surface area contributed by atoms with E-state index in [1.165, 1.54) is 12.8 Å². The molecule has 1 aliphatic carbocycles. The summed E-state index contributed by atoms with van der Waals surface area (Å²) in [6.45, 7) is 8.05. The van der Waals surface area contributed by atoms with Gasteiger partial charge >= 0.3 is 0 Å². The molecule has 7 nitrogen and oxygen atoms in total. The first-order chi connectivity index (χ1) is 14.6. The van der Waals surface area contributed by atoms with Crippen LogP contribution >= 0.6 is 0 Å². The Bertz CT molecular complexity index is 826. The summed E-state index contributed by atoms with van der Waals surface area (Å²) in [5, 5.41) is 10.7. The number of rotatable bonds is 9. The maximum Gasteiger partial charge on any atom is 0.191 e. The highest BCUT2D eigenvalue weighted by Gasteiger charge is 2.18. The highest BCUT2D eigenvalue weighted by molar-refractivity contribution is 5.79. The molecule has 0 spiro atoms. The number of hydrogen-bond acceptors (Lipinski definition) is 5. The molecule has 164 valence electrons. The predicted octanol–water partition coefficient (Wildman–Crippen LogP) is 4.38. The molecule has 0 radical (unpaired) electrons. The van der Waals surface area contributed by atoms with Crippen molar-refractivity contribution in [2.24, 2.45) is 4.99 Å². The van der Waals surface area contributed by atoms with Gasteiger partial charge in [-0.15, -0.1) is 0 Å². The van der Waals surface area contributed by atoms with E-state index in [-0.39, 0.29) is 6.10 Å². The van der Waals surface area contributed by atoms with Gasteiger partial charge in [-0.3, -0.25) is 0 Å². The number of benzene rings is 1. The molecular formula is C23H34N4O3. The van der Waals surface area contributed by atoms with Crippen LogP contribution in [0.3, 0.4) is 0 Å². The molecule has 0 aliphatic heterocycles. The molecule has 1 aromatic carbocycles. The SMILES string of the molecule is CCNC(=NCc1ccc(OC)cc1OC1CCCC1)NCc1cc(C(C)C)no1. The van der Waals surface area contributed by atoms with Crippen molar-refractivity contribution in [1.82, 2.24) is 15.8 Å². The van der Waals surface area contributed by atoms with Crippen molar-refractivity contribution in [1.29, 1.82) is 0 Å². The van der Waals surface area contributed by atoms with Crippen LogP contribution < -0.4 is 20.1 Å². The van der Waals surface area contributed by atoms with E-state index >= 15 is 0 Å². The molecule has 1 saturated carbocycles. The van der Waals surface area contributed by atoms with E-state index in [1.807, 2.05) is 31.2 Å². The maximum absolute atomic E-state index is 6.28. The lowest BCUT2D eigenvalue weighted by atomic mass is 10.1. The number of aromatic nitrogens is 1. The molecule has 1 heterocycles. The van der Waals surface area contributed by atoms with Crippen molar-refractivity contribution in [3.8, 4) is 11.5 Å². The van der Waals surface area contributed by atoms with Crippen LogP contribution in [0.15, 0.2) is 33.8 Å². The van der Waals surface area contributed by atoms with Gasteiger partial charge in [0.15, 0.2) is 11.7 Å². The smallest absolute Gasteiger partial charge is 0.191 e. The minimum absolute atomic E-state index is 0.285. The van der Waals surface area contributed by atoms with Gasteiger partial charge in [0.05, 0.1) is 32.0 Å². The average molecular weight is 415 g/mol. The van der Waals surface area contributed by atoms with Crippen LogP contribution in [0.5, 0.6) is 11.5 Å². The quantitative estimate of drug-likeness (QED) is 0.468. The second kappa shape index (κ2) is 10.9. The molecular weight excluding hydrogens is 380 g/mol. The van der Waals surface area contributed by atoms with E-state index < -0.39 is 0 Å². The van der Waals surface area contributed by atoms with Crippen LogP contribution in [-0.2, 0) is 13.1 Å². The standard InChI is InChI=1S/C23H34N4O3/c1-5-24-23(26-15-20-12-21(16(2)3)27-30-20)25-14-17-10-11-19(28-4)13-22(17)29-18-8-6-7-9-18/h10-13,16,18H,5-9,14-15H2,1-4H3,(H2,24,25,26). The zero-order valence-electron chi connectivity index (χ0n) is 18.5. The molecule has 1 aliphatic rings. The van der Waals surface area contributed by atoms with E-state index in [4.69, 9.17) is 19.0 Å². The summed E-state index contributed by atoms with van der Waals surface area (Å²) >= 11 is 0. The molecule has 7 heteroatoms. The largest absolute Gasteiger partial charge is 0.497 e. The van der Waals surface area contributed by atoms with E-state index in [0.717, 1.165) is 53.9 Å². The van der Waals surface area contributed by atoms with Gasteiger partial charge in [0.25, 0.3) is 0 Å². The molecule has 1 fully saturated rings. The zero-order valence-corrected chi connectivity index (χ0v) is 18.5. The van der Waals surface area contributed by atoms with Crippen molar-refractivity contribution in [2.75, 3.05) is 13.7 Å². The van der Waals surface area contributed by atoms with Crippen LogP contribution in [0.4, 0.5) is 0 Å². The fourth-order valence-electron chi connectivity index (χ4n) is 3.45. The van der Waals surface area contributed by atoms with Gasteiger partial charge in [0, 0.05) is 24.2 Å². The Hall–Kier alpha value is -2.70. The predicted molar refractivity (Wildman–Crippen MR) is 118 cm³/mol. The third-order valence-electron chi connectivity index (χ3n) is 5.22. The third kappa shape index (κ3) is 6.15. The summed E-state index contributed by atoms with van der Waals surface area (Å²) in [5.74, 6) is 3.52. The number of ether oxygens (including phenoxy) is 2. The van der Waals surface area contributed by atoms with Crippen molar-refractivity contribution in [3.63, 3.8) is 0 Å². The van der Waals surface area contributed by atoms with E-state index in [0.29, 0.717) is 19.0 Å². The molecule has 0 unspecified atom stereocenters. The molecule has 2 aromatic rings. The normalized spacial score (nSPS) is 14.9. The van der Waals surface area contributed by atoms with Crippen molar-refractivity contribution < 1.29 is 14.0 Å². The second-order valence-corrected chi connectivity index (χ2v) is 7.92. The zero-order chi connectivity index (χ0) is 21.3. The van der Waals surface area contributed by atoms with Gasteiger partial charge in [0.2, 0.25) is 0 Å². The minimum Gasteiger partial charge on any atom is -0.497 e. The molecule has 0 saturated heterocycles. The first-order valence-electron chi connectivity index (χ1n) is 10.9. The van der Waals surface area contributed by atoms with Gasteiger partial charge < -0.3 is 24.6 Å². The average Bonchev–Trinajstić information content (AvgIpc) is 3.43. The van der Waals surface area contributed by atoms with Crippen LogP contribution in [0.2, 0.25) is 0 Å². The summed E-state index contributed by atoms with van der Waals surface area (Å²) in [6, 6.07) is 7.93. The lowest BCUT2D eigenvalue weighted by Gasteiger charge is -2.17. The van der Waals surface area contributed by atoms with Gasteiger partial charge in [-0.2, -0.15) is 0 Å². The first-order valence-corrected chi connectivity index (χ1v) is 10.9. The van der Waals surface area contributed by atoms with Crippen molar-refractivity contribution >= 4 is 5.96 Å². The minimum atomic E-state index is 0.285. The number of methoxy groups -OCH3 is 1. The van der Waals surface area contributed by atoms with Crippen LogP contribution in [0, 0.1) is 0 Å². The van der Waals surface area contributed by atoms with Gasteiger partial charge in [-0.1, -0.05) is 19.0 Å². The van der Waals surface area contributed by atoms with Crippen LogP contribution in [-0.4, -0.2) is 30.9 Å². The summed E-state index contributed by atoms with van der Waals surface area (Å²) in [7, 11) is 1.67. The molecule has 1 aromatic heterocycles. The Balaban J connectivity index is 1.68. The van der Waals surface area contributed by atoms with Crippen LogP contribution in [0.1, 0.15) is 69.4 Å². The highest BCUT2D eigenvalue weighted by Crippen LogP contribution is 2.30. The second-order valence-electron chi connectivity index (χ2n) is 7.92. The summed E-state index contributed by atoms with van der Waals surface area (Å²) < 4.78 is 17.1. The lowest BCUT2D eigenvalue weighted by molar-refractivity contribution is 0.207. The maximum atomic E-state index is 6.28. The van der Waals surface area contributed by atoms with Gasteiger partial charge in [0.1, 0.15) is 11.5 Å². The summed E-state index contributed by atoms with van der Waals surface area (Å²) in [6.07, 6.45) is 4.97. The Labute approximate surface area is 179 Å².